The minimum absolute atomic E-state index is 0.134. The van der Waals surface area contributed by atoms with Crippen LogP contribution >= 0.6 is 0 Å². The molecule has 0 fully saturated rings. The Morgan fingerprint density at radius 1 is 1.56 bits per heavy atom. The van der Waals surface area contributed by atoms with E-state index in [1.807, 2.05) is 13.0 Å². The average molecular weight is 224 g/mol. The van der Waals surface area contributed by atoms with Crippen molar-refractivity contribution < 1.29 is 10.0 Å². The summed E-state index contributed by atoms with van der Waals surface area (Å²) in [5, 5.41) is 22.9. The molecule has 1 unspecified atom stereocenters. The maximum atomic E-state index is 10.4. The van der Waals surface area contributed by atoms with Crippen molar-refractivity contribution in [1.29, 1.82) is 0 Å². The number of hydrogen-bond acceptors (Lipinski definition) is 4. The number of aromatic hydroxyl groups is 1. The van der Waals surface area contributed by atoms with Gasteiger partial charge in [-0.3, -0.25) is 10.1 Å². The van der Waals surface area contributed by atoms with Gasteiger partial charge in [0.2, 0.25) is 6.04 Å². The number of nitrogens with one attached hydrogen (secondary N) is 1. The van der Waals surface area contributed by atoms with Crippen LogP contribution in [0.1, 0.15) is 19.4 Å². The van der Waals surface area contributed by atoms with Gasteiger partial charge in [-0.05, 0) is 24.1 Å². The molecule has 5 heteroatoms. The van der Waals surface area contributed by atoms with E-state index in [0.717, 1.165) is 12.0 Å². The molecule has 0 heterocycles. The van der Waals surface area contributed by atoms with Crippen LogP contribution in [0.4, 0.5) is 5.69 Å². The molecule has 5 nitrogen and oxygen atoms in total. The Balaban J connectivity index is 2.64. The molecule has 0 radical (unpaired) electrons. The number of benzene rings is 1. The zero-order valence-electron chi connectivity index (χ0n) is 9.43. The van der Waals surface area contributed by atoms with E-state index in [2.05, 4.69) is 5.32 Å². The number of aryl methyl sites for hydroxylation is 1. The number of phenolic OH excluding ortho intramolecular Hbond substituents is 1. The first-order chi connectivity index (χ1) is 7.54. The molecule has 0 aliphatic heterocycles. The van der Waals surface area contributed by atoms with Crippen molar-refractivity contribution in [2.75, 3.05) is 11.9 Å². The lowest BCUT2D eigenvalue weighted by Crippen LogP contribution is -2.24. The summed E-state index contributed by atoms with van der Waals surface area (Å²) in [7, 11) is 0. The van der Waals surface area contributed by atoms with Crippen LogP contribution in [0.2, 0.25) is 0 Å². The second kappa shape index (κ2) is 5.34. The monoisotopic (exact) mass is 224 g/mol. The number of rotatable bonds is 5. The van der Waals surface area contributed by atoms with Crippen molar-refractivity contribution in [2.24, 2.45) is 0 Å². The summed E-state index contributed by atoms with van der Waals surface area (Å²) in [6.07, 6.45) is 0.846. The van der Waals surface area contributed by atoms with Gasteiger partial charge in [0.25, 0.3) is 0 Å². The van der Waals surface area contributed by atoms with Crippen molar-refractivity contribution >= 4 is 5.69 Å². The number of phenols is 1. The van der Waals surface area contributed by atoms with Gasteiger partial charge >= 0.3 is 0 Å². The summed E-state index contributed by atoms with van der Waals surface area (Å²) in [6, 6.07) is 4.61. The normalized spacial score (nSPS) is 12.1. The molecular weight excluding hydrogens is 208 g/mol. The Labute approximate surface area is 94.3 Å². The molecule has 2 N–H and O–H groups in total. The summed E-state index contributed by atoms with van der Waals surface area (Å²) in [6.45, 7) is 3.72. The van der Waals surface area contributed by atoms with E-state index in [-0.39, 0.29) is 17.2 Å². The molecule has 0 aromatic heterocycles. The molecule has 0 bridgehead atoms. The van der Waals surface area contributed by atoms with Crippen molar-refractivity contribution in [3.63, 3.8) is 0 Å². The smallest absolute Gasteiger partial charge is 0.227 e. The van der Waals surface area contributed by atoms with E-state index in [0.29, 0.717) is 5.69 Å². The molecule has 16 heavy (non-hydrogen) atoms. The zero-order chi connectivity index (χ0) is 12.1. The van der Waals surface area contributed by atoms with E-state index >= 15 is 0 Å². The third-order valence-electron chi connectivity index (χ3n) is 2.42. The van der Waals surface area contributed by atoms with Crippen LogP contribution in [0.5, 0.6) is 5.75 Å². The second-order valence-electron chi connectivity index (χ2n) is 3.72. The highest BCUT2D eigenvalue weighted by atomic mass is 16.6. The summed E-state index contributed by atoms with van der Waals surface area (Å²) in [5.74, 6) is 0.134. The van der Waals surface area contributed by atoms with Crippen LogP contribution in [0, 0.1) is 10.1 Å². The van der Waals surface area contributed by atoms with Crippen LogP contribution < -0.4 is 5.32 Å². The number of hydrogen-bond donors (Lipinski definition) is 2. The summed E-state index contributed by atoms with van der Waals surface area (Å²) in [4.78, 5) is 10.1. The predicted octanol–water partition coefficient (Wildman–Crippen LogP) is 2.03. The van der Waals surface area contributed by atoms with Gasteiger partial charge < -0.3 is 10.4 Å². The van der Waals surface area contributed by atoms with Crippen LogP contribution in [0.3, 0.4) is 0 Å². The number of anilines is 1. The highest BCUT2D eigenvalue weighted by molar-refractivity contribution is 5.56. The van der Waals surface area contributed by atoms with Gasteiger partial charge in [0.15, 0.2) is 0 Å². The highest BCUT2D eigenvalue weighted by Gasteiger charge is 2.12. The Hall–Kier alpha value is -1.78. The van der Waals surface area contributed by atoms with Gasteiger partial charge in [-0.1, -0.05) is 13.0 Å². The second-order valence-corrected chi connectivity index (χ2v) is 3.72. The molecule has 0 amide bonds. The maximum absolute atomic E-state index is 10.4. The average Bonchev–Trinajstić information content (AvgIpc) is 2.26. The fourth-order valence-corrected chi connectivity index (χ4v) is 1.28. The lowest BCUT2D eigenvalue weighted by Gasteiger charge is -2.10. The first kappa shape index (κ1) is 12.3. The molecule has 0 spiro atoms. The lowest BCUT2D eigenvalue weighted by molar-refractivity contribution is -0.514. The molecule has 88 valence electrons. The summed E-state index contributed by atoms with van der Waals surface area (Å²) >= 11 is 0. The third kappa shape index (κ3) is 3.12. The molecular formula is C11H16N2O3. The van der Waals surface area contributed by atoms with E-state index in [9.17, 15) is 15.2 Å². The Kier molecular flexibility index (Phi) is 4.10. The standard InChI is InChI=1S/C11H16N2O3/c1-3-9-4-5-10(11(14)6-9)12-7-8(2)13(15)16/h4-6,8,12,14H,3,7H2,1-2H3. The fraction of sp³-hybridized carbons (Fsp3) is 0.455. The van der Waals surface area contributed by atoms with Gasteiger partial charge in [-0.15, -0.1) is 0 Å². The molecule has 1 aromatic rings. The van der Waals surface area contributed by atoms with E-state index in [1.54, 1.807) is 12.1 Å². The van der Waals surface area contributed by atoms with E-state index in [1.165, 1.54) is 6.92 Å². The Morgan fingerprint density at radius 2 is 2.25 bits per heavy atom. The largest absolute Gasteiger partial charge is 0.506 e. The van der Waals surface area contributed by atoms with Gasteiger partial charge in [0.05, 0.1) is 12.2 Å². The van der Waals surface area contributed by atoms with Crippen LogP contribution in [-0.2, 0) is 6.42 Å². The van der Waals surface area contributed by atoms with Crippen LogP contribution in [0.25, 0.3) is 0 Å². The van der Waals surface area contributed by atoms with E-state index in [4.69, 9.17) is 0 Å². The first-order valence-corrected chi connectivity index (χ1v) is 5.23. The maximum Gasteiger partial charge on any atom is 0.227 e. The first-order valence-electron chi connectivity index (χ1n) is 5.23. The molecule has 1 atom stereocenters. The molecule has 0 aliphatic rings. The van der Waals surface area contributed by atoms with E-state index < -0.39 is 6.04 Å². The molecule has 0 saturated heterocycles. The lowest BCUT2D eigenvalue weighted by atomic mass is 10.1. The van der Waals surface area contributed by atoms with Gasteiger partial charge in [-0.25, -0.2) is 0 Å². The molecule has 0 aliphatic carbocycles. The predicted molar refractivity (Wildman–Crippen MR) is 62.4 cm³/mol. The minimum atomic E-state index is -0.676. The SMILES string of the molecule is CCc1ccc(NCC(C)[N+](=O)[O-])c(O)c1. The number of nitro groups is 1. The molecule has 1 rings (SSSR count). The zero-order valence-corrected chi connectivity index (χ0v) is 9.43. The van der Waals surface area contributed by atoms with Gasteiger partial charge in [0.1, 0.15) is 5.75 Å². The fourth-order valence-electron chi connectivity index (χ4n) is 1.28. The van der Waals surface area contributed by atoms with Crippen molar-refractivity contribution in [2.45, 2.75) is 26.3 Å². The number of nitrogens with zero attached hydrogens (tertiary/aromatic N) is 1. The van der Waals surface area contributed by atoms with Crippen molar-refractivity contribution in [3.05, 3.63) is 33.9 Å². The van der Waals surface area contributed by atoms with Crippen molar-refractivity contribution in [3.8, 4) is 5.75 Å². The van der Waals surface area contributed by atoms with Crippen LogP contribution in [0.15, 0.2) is 18.2 Å². The highest BCUT2D eigenvalue weighted by Crippen LogP contribution is 2.24. The Bertz CT molecular complexity index is 379. The molecule has 1 aromatic carbocycles. The Morgan fingerprint density at radius 3 is 2.75 bits per heavy atom. The minimum Gasteiger partial charge on any atom is -0.506 e. The van der Waals surface area contributed by atoms with Gasteiger partial charge in [-0.2, -0.15) is 0 Å². The van der Waals surface area contributed by atoms with Crippen molar-refractivity contribution in [1.82, 2.24) is 0 Å². The third-order valence-corrected chi connectivity index (χ3v) is 2.42. The van der Waals surface area contributed by atoms with Gasteiger partial charge in [0, 0.05) is 11.8 Å². The summed E-state index contributed by atoms with van der Waals surface area (Å²) in [5.41, 5.74) is 1.57. The summed E-state index contributed by atoms with van der Waals surface area (Å²) < 4.78 is 0. The van der Waals surface area contributed by atoms with Crippen LogP contribution in [-0.4, -0.2) is 22.6 Å². The topological polar surface area (TPSA) is 75.4 Å². The quantitative estimate of drug-likeness (QED) is 0.456. The molecule has 0 saturated carbocycles.